The van der Waals surface area contributed by atoms with E-state index in [-0.39, 0.29) is 0 Å². The molecule has 1 heterocycles. The Kier molecular flexibility index (Phi) is 6.96. The monoisotopic (exact) mass is 389 g/mol. The van der Waals surface area contributed by atoms with E-state index in [2.05, 4.69) is 23.2 Å². The second kappa shape index (κ2) is 8.99. The fourth-order valence-electron chi connectivity index (χ4n) is 2.26. The van der Waals surface area contributed by atoms with Gasteiger partial charge in [0.25, 0.3) is 0 Å². The lowest BCUT2D eigenvalue weighted by Crippen LogP contribution is -2.24. The number of carbonyl (C=O) groups excluding carboxylic acids is 1. The molecule has 7 heteroatoms. The molecule has 0 radical (unpaired) electrons. The van der Waals surface area contributed by atoms with Crippen molar-refractivity contribution in [1.29, 1.82) is 0 Å². The molecule has 2 aromatic rings. The first-order valence-electron chi connectivity index (χ1n) is 8.93. The van der Waals surface area contributed by atoms with Gasteiger partial charge in [0.15, 0.2) is 0 Å². The topological polar surface area (TPSA) is 64.0 Å². The SMILES string of the molecule is CCOC(=O)c1c(C)nsc1Oc1cc(C)c(N=CN(C)C(C)C)cc1C. The quantitative estimate of drug-likeness (QED) is 0.377. The predicted octanol–water partition coefficient (Wildman–Crippen LogP) is 5.04. The molecule has 0 aliphatic carbocycles. The van der Waals surface area contributed by atoms with Crippen LogP contribution in [0.4, 0.5) is 5.69 Å². The second-order valence-electron chi connectivity index (χ2n) is 6.66. The van der Waals surface area contributed by atoms with E-state index in [1.807, 2.05) is 44.3 Å². The highest BCUT2D eigenvalue weighted by atomic mass is 32.1. The minimum Gasteiger partial charge on any atom is -0.462 e. The Morgan fingerprint density at radius 3 is 2.63 bits per heavy atom. The van der Waals surface area contributed by atoms with Crippen LogP contribution in [0.25, 0.3) is 0 Å². The van der Waals surface area contributed by atoms with Crippen LogP contribution in [0.1, 0.15) is 48.0 Å². The zero-order valence-electron chi connectivity index (χ0n) is 17.0. The molecule has 146 valence electrons. The first-order chi connectivity index (χ1) is 12.7. The van der Waals surface area contributed by atoms with E-state index in [0.717, 1.165) is 28.3 Å². The summed E-state index contributed by atoms with van der Waals surface area (Å²) < 4.78 is 15.4. The number of hydrogen-bond acceptors (Lipinski definition) is 6. The van der Waals surface area contributed by atoms with E-state index in [1.165, 1.54) is 0 Å². The third-order valence-corrected chi connectivity index (χ3v) is 5.02. The molecular weight excluding hydrogens is 362 g/mol. The average Bonchev–Trinajstić information content (AvgIpc) is 2.96. The van der Waals surface area contributed by atoms with Crippen LogP contribution in [0, 0.1) is 20.8 Å². The number of carbonyl (C=O) groups is 1. The Morgan fingerprint density at radius 1 is 1.30 bits per heavy atom. The molecule has 0 saturated carbocycles. The number of aromatic nitrogens is 1. The number of aliphatic imine (C=N–C) groups is 1. The normalized spacial score (nSPS) is 11.3. The van der Waals surface area contributed by atoms with Crippen LogP contribution in [0.5, 0.6) is 10.8 Å². The van der Waals surface area contributed by atoms with E-state index in [4.69, 9.17) is 9.47 Å². The van der Waals surface area contributed by atoms with Gasteiger partial charge in [-0.25, -0.2) is 9.79 Å². The van der Waals surface area contributed by atoms with Gasteiger partial charge in [-0.15, -0.1) is 0 Å². The minimum absolute atomic E-state index is 0.309. The fourth-order valence-corrected chi connectivity index (χ4v) is 3.02. The van der Waals surface area contributed by atoms with Crippen molar-refractivity contribution in [1.82, 2.24) is 9.27 Å². The first-order valence-corrected chi connectivity index (χ1v) is 9.70. The van der Waals surface area contributed by atoms with Gasteiger partial charge in [-0.05, 0) is 64.8 Å². The van der Waals surface area contributed by atoms with Crippen molar-refractivity contribution in [3.05, 3.63) is 34.5 Å². The van der Waals surface area contributed by atoms with Crippen LogP contribution < -0.4 is 4.74 Å². The molecule has 0 fully saturated rings. The molecule has 0 spiro atoms. The molecule has 6 nitrogen and oxygen atoms in total. The molecule has 1 aromatic carbocycles. The van der Waals surface area contributed by atoms with Gasteiger partial charge in [0, 0.05) is 24.6 Å². The Hall–Kier alpha value is -2.41. The lowest BCUT2D eigenvalue weighted by Gasteiger charge is -2.17. The van der Waals surface area contributed by atoms with Crippen molar-refractivity contribution in [3.8, 4) is 10.8 Å². The molecule has 0 bridgehead atoms. The largest absolute Gasteiger partial charge is 0.462 e. The van der Waals surface area contributed by atoms with Crippen molar-refractivity contribution < 1.29 is 14.3 Å². The summed E-state index contributed by atoms with van der Waals surface area (Å²) in [6.45, 7) is 12.0. The number of rotatable bonds is 7. The van der Waals surface area contributed by atoms with Crippen molar-refractivity contribution in [2.45, 2.75) is 47.6 Å². The zero-order valence-corrected chi connectivity index (χ0v) is 17.8. The summed E-state index contributed by atoms with van der Waals surface area (Å²) in [7, 11) is 2.00. The molecule has 0 aliphatic rings. The summed E-state index contributed by atoms with van der Waals surface area (Å²) in [5.74, 6) is 0.268. The third kappa shape index (κ3) is 5.07. The van der Waals surface area contributed by atoms with Crippen LogP contribution in [0.2, 0.25) is 0 Å². The van der Waals surface area contributed by atoms with Gasteiger partial charge in [0.1, 0.15) is 11.3 Å². The second-order valence-corrected chi connectivity index (χ2v) is 7.40. The zero-order chi connectivity index (χ0) is 20.1. The maximum atomic E-state index is 12.2. The molecule has 1 aromatic heterocycles. The number of nitrogens with zero attached hydrogens (tertiary/aromatic N) is 3. The van der Waals surface area contributed by atoms with Gasteiger partial charge in [0.05, 0.1) is 24.3 Å². The summed E-state index contributed by atoms with van der Waals surface area (Å²) in [5, 5.41) is 0.448. The standard InChI is InChI=1S/C20H27N3O3S/c1-8-25-19(24)18-15(6)22-27-20(18)26-17-10-13(4)16(9-14(17)5)21-11-23(7)12(2)3/h9-12H,8H2,1-7H3. The molecule has 0 unspecified atom stereocenters. The lowest BCUT2D eigenvalue weighted by atomic mass is 10.1. The van der Waals surface area contributed by atoms with Gasteiger partial charge in [-0.2, -0.15) is 4.37 Å². The van der Waals surface area contributed by atoms with Gasteiger partial charge < -0.3 is 14.4 Å². The van der Waals surface area contributed by atoms with Crippen molar-refractivity contribution in [2.75, 3.05) is 13.7 Å². The van der Waals surface area contributed by atoms with Gasteiger partial charge >= 0.3 is 5.97 Å². The lowest BCUT2D eigenvalue weighted by molar-refractivity contribution is 0.0523. The predicted molar refractivity (Wildman–Crippen MR) is 110 cm³/mol. The number of esters is 1. The summed E-state index contributed by atoms with van der Waals surface area (Å²) in [4.78, 5) is 18.8. The molecule has 0 amide bonds. The van der Waals surface area contributed by atoms with Crippen LogP contribution in [-0.4, -0.2) is 41.3 Å². The molecule has 27 heavy (non-hydrogen) atoms. The first kappa shape index (κ1) is 20.9. The van der Waals surface area contributed by atoms with Gasteiger partial charge in [-0.1, -0.05) is 0 Å². The Labute approximate surface area is 165 Å². The van der Waals surface area contributed by atoms with Gasteiger partial charge in [0.2, 0.25) is 5.06 Å². The Morgan fingerprint density at radius 2 is 2.00 bits per heavy atom. The molecule has 0 N–H and O–H groups in total. The Balaban J connectivity index is 2.29. The van der Waals surface area contributed by atoms with Gasteiger partial charge in [-0.3, -0.25) is 0 Å². The van der Waals surface area contributed by atoms with Crippen molar-refractivity contribution >= 4 is 29.5 Å². The summed E-state index contributed by atoms with van der Waals surface area (Å²) in [6, 6.07) is 4.29. The summed E-state index contributed by atoms with van der Waals surface area (Å²) in [6.07, 6.45) is 1.83. The number of aryl methyl sites for hydroxylation is 3. The van der Waals surface area contributed by atoms with E-state index in [1.54, 1.807) is 13.8 Å². The minimum atomic E-state index is -0.411. The molecular formula is C20H27N3O3S. The maximum absolute atomic E-state index is 12.2. The molecule has 0 aliphatic heterocycles. The van der Waals surface area contributed by atoms with Crippen LogP contribution >= 0.6 is 11.5 Å². The van der Waals surface area contributed by atoms with Crippen molar-refractivity contribution in [2.24, 2.45) is 4.99 Å². The highest BCUT2D eigenvalue weighted by Gasteiger charge is 2.22. The Bertz CT molecular complexity index is 843. The third-order valence-electron chi connectivity index (χ3n) is 4.20. The average molecular weight is 390 g/mol. The maximum Gasteiger partial charge on any atom is 0.344 e. The highest BCUT2D eigenvalue weighted by Crippen LogP contribution is 2.36. The van der Waals surface area contributed by atoms with Crippen LogP contribution in [-0.2, 0) is 4.74 Å². The van der Waals surface area contributed by atoms with Crippen LogP contribution in [0.15, 0.2) is 17.1 Å². The molecule has 2 rings (SSSR count). The van der Waals surface area contributed by atoms with E-state index in [0.29, 0.717) is 34.7 Å². The number of benzene rings is 1. The van der Waals surface area contributed by atoms with Crippen molar-refractivity contribution in [3.63, 3.8) is 0 Å². The van der Waals surface area contributed by atoms with Crippen LogP contribution in [0.3, 0.4) is 0 Å². The van der Waals surface area contributed by atoms with E-state index < -0.39 is 5.97 Å². The summed E-state index contributed by atoms with van der Waals surface area (Å²) in [5.41, 5.74) is 3.81. The highest BCUT2D eigenvalue weighted by molar-refractivity contribution is 7.08. The summed E-state index contributed by atoms with van der Waals surface area (Å²) >= 11 is 1.15. The van der Waals surface area contributed by atoms with E-state index >= 15 is 0 Å². The molecule has 0 atom stereocenters. The molecule has 0 saturated heterocycles. The fraction of sp³-hybridized carbons (Fsp3) is 0.450. The smallest absolute Gasteiger partial charge is 0.344 e. The van der Waals surface area contributed by atoms with E-state index in [9.17, 15) is 4.79 Å². The number of hydrogen-bond donors (Lipinski definition) is 0. The number of ether oxygens (including phenoxy) is 2.